The van der Waals surface area contributed by atoms with E-state index in [0.29, 0.717) is 6.04 Å². The highest BCUT2D eigenvalue weighted by molar-refractivity contribution is 5.03. The summed E-state index contributed by atoms with van der Waals surface area (Å²) < 4.78 is 2.36. The van der Waals surface area contributed by atoms with Crippen molar-refractivity contribution < 1.29 is 0 Å². The summed E-state index contributed by atoms with van der Waals surface area (Å²) in [4.78, 5) is 6.77. The third kappa shape index (κ3) is 2.13. The molecule has 2 aliphatic rings. The molecule has 4 heteroatoms. The Morgan fingerprint density at radius 3 is 2.69 bits per heavy atom. The van der Waals surface area contributed by atoms with E-state index in [9.17, 15) is 0 Å². The van der Waals surface area contributed by atoms with Crippen LogP contribution in [-0.4, -0.2) is 33.6 Å². The fraction of sp³-hybridized carbons (Fsp3) is 0.750. The lowest BCUT2D eigenvalue weighted by molar-refractivity contribution is 0.201. The van der Waals surface area contributed by atoms with Crippen molar-refractivity contribution in [3.8, 4) is 0 Å². The number of likely N-dealkylation sites (tertiary alicyclic amines) is 1. The molecule has 0 unspecified atom stereocenters. The van der Waals surface area contributed by atoms with E-state index in [4.69, 9.17) is 5.73 Å². The fourth-order valence-electron chi connectivity index (χ4n) is 2.48. The lowest BCUT2D eigenvalue weighted by Gasteiger charge is -2.30. The van der Waals surface area contributed by atoms with Crippen molar-refractivity contribution in [2.75, 3.05) is 13.1 Å². The van der Waals surface area contributed by atoms with E-state index in [2.05, 4.69) is 14.5 Å². The van der Waals surface area contributed by atoms with Crippen molar-refractivity contribution in [3.63, 3.8) is 0 Å². The minimum atomic E-state index is 0.421. The molecule has 0 spiro atoms. The molecule has 2 fully saturated rings. The topological polar surface area (TPSA) is 47.1 Å². The van der Waals surface area contributed by atoms with Gasteiger partial charge in [0.2, 0.25) is 0 Å². The monoisotopic (exact) mass is 220 g/mol. The van der Waals surface area contributed by atoms with Crippen LogP contribution in [0, 0.1) is 0 Å². The van der Waals surface area contributed by atoms with Gasteiger partial charge >= 0.3 is 0 Å². The average molecular weight is 220 g/mol. The third-order valence-electron chi connectivity index (χ3n) is 3.70. The van der Waals surface area contributed by atoms with Crippen LogP contribution < -0.4 is 5.73 Å². The Bertz CT molecular complexity index is 348. The van der Waals surface area contributed by atoms with Crippen LogP contribution in [0.2, 0.25) is 0 Å². The van der Waals surface area contributed by atoms with Gasteiger partial charge in [0.15, 0.2) is 0 Å². The van der Waals surface area contributed by atoms with Crippen molar-refractivity contribution >= 4 is 0 Å². The van der Waals surface area contributed by atoms with Crippen LogP contribution in [0.4, 0.5) is 0 Å². The zero-order valence-electron chi connectivity index (χ0n) is 9.68. The Labute approximate surface area is 96.4 Å². The summed E-state index contributed by atoms with van der Waals surface area (Å²) in [6, 6.07) is 1.16. The predicted octanol–water partition coefficient (Wildman–Crippen LogP) is 1.14. The van der Waals surface area contributed by atoms with E-state index >= 15 is 0 Å². The first-order valence-corrected chi connectivity index (χ1v) is 6.31. The van der Waals surface area contributed by atoms with Crippen LogP contribution >= 0.6 is 0 Å². The van der Waals surface area contributed by atoms with E-state index < -0.39 is 0 Å². The SMILES string of the molecule is NC1CCN(Cc2cncn2C2CC2)CC1. The highest BCUT2D eigenvalue weighted by Crippen LogP contribution is 2.35. The van der Waals surface area contributed by atoms with Gasteiger partial charge in [0, 0.05) is 37.9 Å². The largest absolute Gasteiger partial charge is 0.330 e. The molecule has 0 aromatic carbocycles. The van der Waals surface area contributed by atoms with Gasteiger partial charge in [0.1, 0.15) is 0 Å². The normalized spacial score (nSPS) is 23.8. The van der Waals surface area contributed by atoms with E-state index in [1.807, 2.05) is 12.5 Å². The van der Waals surface area contributed by atoms with Gasteiger partial charge in [-0.15, -0.1) is 0 Å². The Hall–Kier alpha value is -0.870. The second kappa shape index (κ2) is 4.18. The molecular formula is C12H20N4. The maximum Gasteiger partial charge on any atom is 0.0951 e. The van der Waals surface area contributed by atoms with Gasteiger partial charge < -0.3 is 10.3 Å². The Morgan fingerprint density at radius 2 is 2.00 bits per heavy atom. The maximum atomic E-state index is 5.91. The number of imidazole rings is 1. The molecule has 1 aromatic rings. The van der Waals surface area contributed by atoms with E-state index in [0.717, 1.165) is 38.5 Å². The first kappa shape index (κ1) is 10.3. The lowest BCUT2D eigenvalue weighted by atomic mass is 10.1. The van der Waals surface area contributed by atoms with Crippen LogP contribution in [0.1, 0.15) is 37.4 Å². The summed E-state index contributed by atoms with van der Waals surface area (Å²) in [5.41, 5.74) is 7.29. The molecule has 2 heterocycles. The highest BCUT2D eigenvalue weighted by Gasteiger charge is 2.26. The molecule has 0 amide bonds. The first-order chi connectivity index (χ1) is 7.83. The van der Waals surface area contributed by atoms with Gasteiger partial charge in [-0.2, -0.15) is 0 Å². The molecule has 1 aliphatic carbocycles. The predicted molar refractivity (Wildman–Crippen MR) is 63.0 cm³/mol. The van der Waals surface area contributed by atoms with Gasteiger partial charge in [-0.1, -0.05) is 0 Å². The van der Waals surface area contributed by atoms with E-state index in [1.165, 1.54) is 18.5 Å². The maximum absolute atomic E-state index is 5.91. The number of aromatic nitrogens is 2. The van der Waals surface area contributed by atoms with Crippen LogP contribution in [0.3, 0.4) is 0 Å². The summed E-state index contributed by atoms with van der Waals surface area (Å²) in [5.74, 6) is 0. The standard InChI is InChI=1S/C12H20N4/c13-10-3-5-15(6-4-10)8-12-7-14-9-16(12)11-1-2-11/h7,9-11H,1-6,8,13H2. The second-order valence-corrected chi connectivity index (χ2v) is 5.14. The molecule has 1 aromatic heterocycles. The van der Waals surface area contributed by atoms with Gasteiger partial charge in [0.05, 0.1) is 12.0 Å². The summed E-state index contributed by atoms with van der Waals surface area (Å²) in [7, 11) is 0. The van der Waals surface area contributed by atoms with Crippen LogP contribution in [0.5, 0.6) is 0 Å². The number of rotatable bonds is 3. The molecule has 4 nitrogen and oxygen atoms in total. The van der Waals surface area contributed by atoms with Crippen LogP contribution in [0.25, 0.3) is 0 Å². The summed E-state index contributed by atoms with van der Waals surface area (Å²) >= 11 is 0. The molecule has 0 bridgehead atoms. The molecule has 16 heavy (non-hydrogen) atoms. The first-order valence-electron chi connectivity index (χ1n) is 6.31. The molecule has 1 aliphatic heterocycles. The molecule has 3 rings (SSSR count). The molecule has 2 N–H and O–H groups in total. The smallest absolute Gasteiger partial charge is 0.0951 e. The third-order valence-corrected chi connectivity index (χ3v) is 3.70. The molecule has 1 saturated heterocycles. The number of piperidine rings is 1. The molecule has 88 valence electrons. The number of hydrogen-bond acceptors (Lipinski definition) is 3. The quantitative estimate of drug-likeness (QED) is 0.831. The van der Waals surface area contributed by atoms with Gasteiger partial charge in [-0.3, -0.25) is 4.90 Å². The zero-order valence-corrected chi connectivity index (χ0v) is 9.68. The van der Waals surface area contributed by atoms with E-state index in [1.54, 1.807) is 0 Å². The Kier molecular flexibility index (Phi) is 2.69. The minimum absolute atomic E-state index is 0.421. The minimum Gasteiger partial charge on any atom is -0.330 e. The van der Waals surface area contributed by atoms with Gasteiger partial charge in [-0.05, 0) is 25.7 Å². The molecule has 0 atom stereocenters. The van der Waals surface area contributed by atoms with Crippen molar-refractivity contribution in [3.05, 3.63) is 18.2 Å². The van der Waals surface area contributed by atoms with Crippen molar-refractivity contribution in [2.45, 2.75) is 44.3 Å². The van der Waals surface area contributed by atoms with Crippen molar-refractivity contribution in [2.24, 2.45) is 5.73 Å². The number of nitrogens with zero attached hydrogens (tertiary/aromatic N) is 3. The highest BCUT2D eigenvalue weighted by atomic mass is 15.2. The second-order valence-electron chi connectivity index (χ2n) is 5.14. The average Bonchev–Trinajstić information content (AvgIpc) is 3.03. The number of hydrogen-bond donors (Lipinski definition) is 1. The zero-order chi connectivity index (χ0) is 11.0. The molecule has 1 saturated carbocycles. The summed E-state index contributed by atoms with van der Waals surface area (Å²) in [6.45, 7) is 3.32. The lowest BCUT2D eigenvalue weighted by Crippen LogP contribution is -2.39. The summed E-state index contributed by atoms with van der Waals surface area (Å²) in [5, 5.41) is 0. The number of nitrogens with two attached hydrogens (primary N) is 1. The molecule has 0 radical (unpaired) electrons. The van der Waals surface area contributed by atoms with Crippen LogP contribution in [0.15, 0.2) is 12.5 Å². The van der Waals surface area contributed by atoms with Crippen molar-refractivity contribution in [1.29, 1.82) is 0 Å². The van der Waals surface area contributed by atoms with Crippen molar-refractivity contribution in [1.82, 2.24) is 14.5 Å². The van der Waals surface area contributed by atoms with Gasteiger partial charge in [0.25, 0.3) is 0 Å². The molecular weight excluding hydrogens is 200 g/mol. The summed E-state index contributed by atoms with van der Waals surface area (Å²) in [6.07, 6.45) is 8.94. The van der Waals surface area contributed by atoms with E-state index in [-0.39, 0.29) is 0 Å². The fourth-order valence-corrected chi connectivity index (χ4v) is 2.48. The Morgan fingerprint density at radius 1 is 1.25 bits per heavy atom. The van der Waals surface area contributed by atoms with Crippen LogP contribution in [-0.2, 0) is 6.54 Å². The van der Waals surface area contributed by atoms with Gasteiger partial charge in [-0.25, -0.2) is 4.98 Å². The Balaban J connectivity index is 1.62.